The van der Waals surface area contributed by atoms with Gasteiger partial charge in [0.25, 0.3) is 0 Å². The van der Waals surface area contributed by atoms with E-state index in [0.717, 1.165) is 16.6 Å². The predicted octanol–water partition coefficient (Wildman–Crippen LogP) is 5.50. The molecule has 3 aromatic rings. The van der Waals surface area contributed by atoms with Crippen molar-refractivity contribution >= 4 is 47.2 Å². The molecule has 1 heterocycles. The van der Waals surface area contributed by atoms with Gasteiger partial charge < -0.3 is 24.8 Å². The number of nitrogens with zero attached hydrogens (tertiary/aromatic N) is 3. The number of aromatic nitrogens is 2. The maximum absolute atomic E-state index is 12.7. The molecular weight excluding hydrogens is 445 g/mol. The van der Waals surface area contributed by atoms with E-state index >= 15 is 0 Å². The third-order valence-electron chi connectivity index (χ3n) is 5.21. The van der Waals surface area contributed by atoms with Crippen LogP contribution in [0.5, 0.6) is 5.75 Å². The Hall–Kier alpha value is -2.60. The highest BCUT2D eigenvalue weighted by molar-refractivity contribution is 7.70. The fourth-order valence-corrected chi connectivity index (χ4v) is 4.47. The summed E-state index contributed by atoms with van der Waals surface area (Å²) >= 11 is 6.35. The molecule has 9 heteroatoms. The molecule has 170 valence electrons. The second kappa shape index (κ2) is 9.90. The molecule has 0 aliphatic rings. The van der Waals surface area contributed by atoms with Gasteiger partial charge in [0.1, 0.15) is 17.9 Å². The van der Waals surface area contributed by atoms with Crippen molar-refractivity contribution in [1.82, 2.24) is 14.9 Å². The highest BCUT2D eigenvalue weighted by Crippen LogP contribution is 2.39. The van der Waals surface area contributed by atoms with Gasteiger partial charge in [-0.2, -0.15) is 4.98 Å². The van der Waals surface area contributed by atoms with Gasteiger partial charge in [-0.1, -0.05) is 29.8 Å². The first-order valence-electron chi connectivity index (χ1n) is 10.2. The van der Waals surface area contributed by atoms with Crippen LogP contribution in [0.25, 0.3) is 0 Å². The van der Waals surface area contributed by atoms with Gasteiger partial charge in [0.15, 0.2) is 5.82 Å². The number of para-hydroxylation sites is 1. The average molecular weight is 474 g/mol. The smallest absolute Gasteiger partial charge is 0.229 e. The third-order valence-corrected chi connectivity index (χ3v) is 7.04. The maximum atomic E-state index is 12.7. The fourth-order valence-electron chi connectivity index (χ4n) is 3.18. The first-order valence-corrected chi connectivity index (χ1v) is 13.1. The maximum Gasteiger partial charge on any atom is 0.229 e. The molecule has 1 unspecified atom stereocenters. The molecule has 2 aromatic carbocycles. The summed E-state index contributed by atoms with van der Waals surface area (Å²) in [5, 5.41) is 7.50. The first-order chi connectivity index (χ1) is 15.1. The van der Waals surface area contributed by atoms with E-state index in [9.17, 15) is 4.57 Å². The molecule has 3 rings (SSSR count). The molecule has 0 spiro atoms. The summed E-state index contributed by atoms with van der Waals surface area (Å²) in [6, 6.07) is 13.7. The summed E-state index contributed by atoms with van der Waals surface area (Å²) in [6.45, 7) is 5.59. The largest absolute Gasteiger partial charge is 0.495 e. The van der Waals surface area contributed by atoms with Crippen LogP contribution in [0.4, 0.5) is 23.1 Å². The van der Waals surface area contributed by atoms with E-state index < -0.39 is 7.14 Å². The van der Waals surface area contributed by atoms with E-state index in [0.29, 0.717) is 28.2 Å². The molecular formula is C23H29ClN5O2P. The number of benzene rings is 2. The number of ether oxygens (including phenoxy) is 1. The molecule has 0 aliphatic heterocycles. The molecule has 1 atom stereocenters. The van der Waals surface area contributed by atoms with E-state index in [1.807, 2.05) is 56.6 Å². The van der Waals surface area contributed by atoms with Gasteiger partial charge in [0.05, 0.1) is 24.7 Å². The number of anilines is 4. The number of nitrogens with one attached hydrogen (secondary N) is 2. The fraction of sp³-hybridized carbons (Fsp3) is 0.304. The predicted molar refractivity (Wildman–Crippen MR) is 134 cm³/mol. The summed E-state index contributed by atoms with van der Waals surface area (Å²) in [4.78, 5) is 11.0. The lowest BCUT2D eigenvalue weighted by Crippen LogP contribution is -2.16. The molecule has 0 bridgehead atoms. The third kappa shape index (κ3) is 5.60. The summed E-state index contributed by atoms with van der Waals surface area (Å²) in [7, 11) is 3.21. The number of hydrogen-bond donors (Lipinski definition) is 2. The van der Waals surface area contributed by atoms with Crippen LogP contribution in [0.3, 0.4) is 0 Å². The van der Waals surface area contributed by atoms with E-state index in [1.165, 1.54) is 6.20 Å². The minimum absolute atomic E-state index is 0.244. The standard InChI is InChI=1S/C23H29ClN5O2P/c1-15(29(2)3)16-11-12-18(20(13-16)31-4)27-23-25-14-17(24)22(28-23)26-19-9-7-8-10-21(19)32(5,6)30/h7-15H,1-6H3,(H2,25,26,27,28). The van der Waals surface area contributed by atoms with Crippen molar-refractivity contribution in [2.24, 2.45) is 0 Å². The molecule has 32 heavy (non-hydrogen) atoms. The van der Waals surface area contributed by atoms with Gasteiger partial charge in [0, 0.05) is 11.3 Å². The van der Waals surface area contributed by atoms with Crippen molar-refractivity contribution in [3.05, 3.63) is 59.2 Å². The number of halogens is 1. The summed E-state index contributed by atoms with van der Waals surface area (Å²) in [5.41, 5.74) is 2.58. The Kier molecular flexibility index (Phi) is 7.44. The van der Waals surface area contributed by atoms with Crippen LogP contribution in [-0.4, -0.2) is 49.4 Å². The molecule has 0 amide bonds. The summed E-state index contributed by atoms with van der Waals surface area (Å²) in [6.07, 6.45) is 1.52. The highest BCUT2D eigenvalue weighted by Gasteiger charge is 2.17. The zero-order valence-electron chi connectivity index (χ0n) is 19.2. The van der Waals surface area contributed by atoms with E-state index in [4.69, 9.17) is 16.3 Å². The van der Waals surface area contributed by atoms with Crippen LogP contribution in [0.15, 0.2) is 48.7 Å². The zero-order chi connectivity index (χ0) is 23.5. The Morgan fingerprint density at radius 1 is 1.09 bits per heavy atom. The van der Waals surface area contributed by atoms with Crippen molar-refractivity contribution in [3.63, 3.8) is 0 Å². The summed E-state index contributed by atoms with van der Waals surface area (Å²) < 4.78 is 18.3. The van der Waals surface area contributed by atoms with Gasteiger partial charge in [-0.05, 0) is 64.2 Å². The van der Waals surface area contributed by atoms with Crippen molar-refractivity contribution < 1.29 is 9.30 Å². The lowest BCUT2D eigenvalue weighted by atomic mass is 10.1. The van der Waals surface area contributed by atoms with Gasteiger partial charge in [-0.15, -0.1) is 0 Å². The minimum Gasteiger partial charge on any atom is -0.495 e. The lowest BCUT2D eigenvalue weighted by Gasteiger charge is -2.21. The molecule has 0 aliphatic carbocycles. The van der Waals surface area contributed by atoms with Gasteiger partial charge in [0.2, 0.25) is 5.95 Å². The van der Waals surface area contributed by atoms with Gasteiger partial charge >= 0.3 is 0 Å². The zero-order valence-corrected chi connectivity index (χ0v) is 20.8. The van der Waals surface area contributed by atoms with Crippen LogP contribution in [0, 0.1) is 0 Å². The number of hydrogen-bond acceptors (Lipinski definition) is 7. The number of methoxy groups -OCH3 is 1. The monoisotopic (exact) mass is 473 g/mol. The SMILES string of the molecule is COc1cc(C(C)N(C)C)ccc1Nc1ncc(Cl)c(Nc2ccccc2P(C)(C)=O)n1. The van der Waals surface area contributed by atoms with Crippen molar-refractivity contribution in [1.29, 1.82) is 0 Å². The first kappa shape index (κ1) is 24.1. The molecule has 0 saturated carbocycles. The van der Waals surface area contributed by atoms with Crippen LogP contribution >= 0.6 is 18.7 Å². The number of rotatable bonds is 8. The second-order valence-electron chi connectivity index (χ2n) is 8.11. The molecule has 7 nitrogen and oxygen atoms in total. The molecule has 2 N–H and O–H groups in total. The highest BCUT2D eigenvalue weighted by atomic mass is 35.5. The molecule has 0 radical (unpaired) electrons. The Balaban J connectivity index is 1.90. The van der Waals surface area contributed by atoms with E-state index in [2.05, 4.69) is 32.4 Å². The normalized spacial score (nSPS) is 12.5. The topological polar surface area (TPSA) is 79.4 Å². The second-order valence-corrected chi connectivity index (χ2v) is 11.7. The summed E-state index contributed by atoms with van der Waals surface area (Å²) in [5.74, 6) is 1.46. The molecule has 0 fully saturated rings. The Bertz CT molecular complexity index is 1150. The average Bonchev–Trinajstić information content (AvgIpc) is 2.75. The van der Waals surface area contributed by atoms with Crippen LogP contribution in [-0.2, 0) is 4.57 Å². The van der Waals surface area contributed by atoms with Crippen LogP contribution in [0.2, 0.25) is 5.02 Å². The molecule has 0 saturated heterocycles. The van der Waals surface area contributed by atoms with Crippen molar-refractivity contribution in [2.45, 2.75) is 13.0 Å². The van der Waals surface area contributed by atoms with Crippen LogP contribution in [0.1, 0.15) is 18.5 Å². The Morgan fingerprint density at radius 2 is 1.81 bits per heavy atom. The lowest BCUT2D eigenvalue weighted by molar-refractivity contribution is 0.320. The molecule has 1 aromatic heterocycles. The Labute approximate surface area is 194 Å². The van der Waals surface area contributed by atoms with Gasteiger partial charge in [-0.25, -0.2) is 4.98 Å². The van der Waals surface area contributed by atoms with Crippen molar-refractivity contribution in [2.75, 3.05) is 45.2 Å². The van der Waals surface area contributed by atoms with Crippen molar-refractivity contribution in [3.8, 4) is 5.75 Å². The van der Waals surface area contributed by atoms with E-state index in [-0.39, 0.29) is 6.04 Å². The minimum atomic E-state index is -2.49. The quantitative estimate of drug-likeness (QED) is 0.418. The Morgan fingerprint density at radius 3 is 2.47 bits per heavy atom. The van der Waals surface area contributed by atoms with Gasteiger partial charge in [-0.3, -0.25) is 0 Å². The van der Waals surface area contributed by atoms with E-state index in [1.54, 1.807) is 20.4 Å². The van der Waals surface area contributed by atoms with Crippen LogP contribution < -0.4 is 20.7 Å².